The first-order chi connectivity index (χ1) is 8.59. The van der Waals surface area contributed by atoms with Crippen LogP contribution in [0.4, 0.5) is 0 Å². The van der Waals surface area contributed by atoms with Crippen molar-refractivity contribution in [1.82, 2.24) is 5.32 Å². The minimum atomic E-state index is -0.443. The van der Waals surface area contributed by atoms with Crippen molar-refractivity contribution in [3.05, 3.63) is 33.8 Å². The van der Waals surface area contributed by atoms with E-state index in [0.717, 1.165) is 19.4 Å². The Balaban J connectivity index is 2.07. The summed E-state index contributed by atoms with van der Waals surface area (Å²) in [6, 6.07) is 5.04. The molecule has 1 aromatic carbocycles. The Kier molecular flexibility index (Phi) is 4.49. The molecule has 98 valence electrons. The van der Waals surface area contributed by atoms with E-state index in [-0.39, 0.29) is 12.0 Å². The van der Waals surface area contributed by atoms with Crippen LogP contribution in [0.2, 0.25) is 10.0 Å². The van der Waals surface area contributed by atoms with Crippen LogP contribution in [0.25, 0.3) is 0 Å². The molecule has 2 atom stereocenters. The average molecular weight is 288 g/mol. The maximum absolute atomic E-state index is 11.9. The van der Waals surface area contributed by atoms with Crippen LogP contribution in [0, 0.1) is 0 Å². The summed E-state index contributed by atoms with van der Waals surface area (Å²) in [6.45, 7) is 2.64. The normalized spacial score (nSPS) is 20.7. The fraction of sp³-hybridized carbons (Fsp3) is 0.462. The van der Waals surface area contributed by atoms with Gasteiger partial charge >= 0.3 is 5.97 Å². The van der Waals surface area contributed by atoms with E-state index in [4.69, 9.17) is 27.9 Å². The molecule has 0 aliphatic carbocycles. The van der Waals surface area contributed by atoms with Gasteiger partial charge in [0.05, 0.1) is 0 Å². The molecule has 0 saturated carbocycles. The smallest absolute Gasteiger partial charge is 0.323 e. The lowest BCUT2D eigenvalue weighted by atomic mass is 10.1. The van der Waals surface area contributed by atoms with Crippen molar-refractivity contribution in [2.45, 2.75) is 31.9 Å². The largest absolute Gasteiger partial charge is 0.457 e. The Bertz CT molecular complexity index is 424. The lowest BCUT2D eigenvalue weighted by Crippen LogP contribution is -2.33. The Morgan fingerprint density at radius 2 is 2.11 bits per heavy atom. The average Bonchev–Trinajstić information content (AvgIpc) is 2.81. The van der Waals surface area contributed by atoms with Crippen LogP contribution >= 0.6 is 23.2 Å². The quantitative estimate of drug-likeness (QED) is 0.867. The van der Waals surface area contributed by atoms with E-state index in [0.29, 0.717) is 15.6 Å². The minimum Gasteiger partial charge on any atom is -0.457 e. The molecule has 0 spiro atoms. The van der Waals surface area contributed by atoms with Crippen molar-refractivity contribution in [1.29, 1.82) is 0 Å². The zero-order valence-electron chi connectivity index (χ0n) is 10.1. The van der Waals surface area contributed by atoms with E-state index in [1.807, 2.05) is 0 Å². The second-order valence-corrected chi connectivity index (χ2v) is 5.18. The molecule has 5 heteroatoms. The van der Waals surface area contributed by atoms with Gasteiger partial charge in [0.25, 0.3) is 0 Å². The van der Waals surface area contributed by atoms with Gasteiger partial charge in [0, 0.05) is 15.6 Å². The van der Waals surface area contributed by atoms with Gasteiger partial charge in [-0.25, -0.2) is 0 Å². The highest BCUT2D eigenvalue weighted by Gasteiger charge is 2.26. The fourth-order valence-electron chi connectivity index (χ4n) is 2.10. The van der Waals surface area contributed by atoms with Crippen LogP contribution in [0.15, 0.2) is 18.2 Å². The predicted molar refractivity (Wildman–Crippen MR) is 72.0 cm³/mol. The monoisotopic (exact) mass is 287 g/mol. The highest BCUT2D eigenvalue weighted by molar-refractivity contribution is 6.36. The van der Waals surface area contributed by atoms with Gasteiger partial charge in [0.2, 0.25) is 0 Å². The van der Waals surface area contributed by atoms with Crippen molar-refractivity contribution in [2.24, 2.45) is 0 Å². The number of carbonyl (C=O) groups excluding carboxylic acids is 1. The van der Waals surface area contributed by atoms with Crippen LogP contribution in [-0.2, 0) is 9.53 Å². The third-order valence-electron chi connectivity index (χ3n) is 3.04. The van der Waals surface area contributed by atoms with E-state index < -0.39 is 6.10 Å². The predicted octanol–water partition coefficient (Wildman–Crippen LogP) is 3.35. The maximum atomic E-state index is 11.9. The molecule has 2 rings (SSSR count). The molecule has 1 heterocycles. The fourth-order valence-corrected chi connectivity index (χ4v) is 2.80. The first-order valence-corrected chi connectivity index (χ1v) is 6.73. The van der Waals surface area contributed by atoms with Gasteiger partial charge in [0.1, 0.15) is 12.1 Å². The first kappa shape index (κ1) is 13.7. The van der Waals surface area contributed by atoms with Gasteiger partial charge < -0.3 is 10.1 Å². The van der Waals surface area contributed by atoms with Gasteiger partial charge in [-0.1, -0.05) is 29.3 Å². The van der Waals surface area contributed by atoms with E-state index in [9.17, 15) is 4.79 Å². The second-order valence-electron chi connectivity index (χ2n) is 4.36. The van der Waals surface area contributed by atoms with Crippen LogP contribution in [-0.4, -0.2) is 18.6 Å². The summed E-state index contributed by atoms with van der Waals surface area (Å²) in [5.74, 6) is -0.240. The summed E-state index contributed by atoms with van der Waals surface area (Å²) in [7, 11) is 0. The van der Waals surface area contributed by atoms with Gasteiger partial charge in [-0.15, -0.1) is 0 Å². The zero-order chi connectivity index (χ0) is 13.1. The van der Waals surface area contributed by atoms with Gasteiger partial charge in [-0.2, -0.15) is 0 Å². The SMILES string of the molecule is C[C@H](OC(=O)[C@H]1CCCN1)c1c(Cl)cccc1Cl. The number of benzene rings is 1. The molecule has 0 amide bonds. The van der Waals surface area contributed by atoms with Gasteiger partial charge in [-0.3, -0.25) is 4.79 Å². The second kappa shape index (κ2) is 5.91. The lowest BCUT2D eigenvalue weighted by Gasteiger charge is -2.18. The number of rotatable bonds is 3. The lowest BCUT2D eigenvalue weighted by molar-refractivity contribution is -0.150. The number of nitrogens with one attached hydrogen (secondary N) is 1. The summed E-state index contributed by atoms with van der Waals surface area (Å²) in [5, 5.41) is 4.13. The number of hydrogen-bond donors (Lipinski definition) is 1. The molecule has 0 bridgehead atoms. The number of esters is 1. The van der Waals surface area contributed by atoms with E-state index in [1.165, 1.54) is 0 Å². The topological polar surface area (TPSA) is 38.3 Å². The zero-order valence-corrected chi connectivity index (χ0v) is 11.6. The van der Waals surface area contributed by atoms with Crippen LogP contribution in [0.1, 0.15) is 31.4 Å². The van der Waals surface area contributed by atoms with Crippen molar-refractivity contribution in [3.63, 3.8) is 0 Å². The molecular weight excluding hydrogens is 273 g/mol. The maximum Gasteiger partial charge on any atom is 0.323 e. The van der Waals surface area contributed by atoms with Crippen molar-refractivity contribution in [2.75, 3.05) is 6.54 Å². The molecule has 18 heavy (non-hydrogen) atoms. The molecule has 1 N–H and O–H groups in total. The van der Waals surface area contributed by atoms with E-state index in [2.05, 4.69) is 5.32 Å². The number of ether oxygens (including phenoxy) is 1. The van der Waals surface area contributed by atoms with Crippen molar-refractivity contribution in [3.8, 4) is 0 Å². The Hall–Kier alpha value is -0.770. The summed E-state index contributed by atoms with van der Waals surface area (Å²) in [6.07, 6.45) is 1.38. The van der Waals surface area contributed by atoms with E-state index in [1.54, 1.807) is 25.1 Å². The molecular formula is C13H15Cl2NO2. The number of halogens is 2. The van der Waals surface area contributed by atoms with E-state index >= 15 is 0 Å². The highest BCUT2D eigenvalue weighted by atomic mass is 35.5. The summed E-state index contributed by atoms with van der Waals surface area (Å²) >= 11 is 12.2. The Labute approximate surface area is 116 Å². The Morgan fingerprint density at radius 1 is 1.44 bits per heavy atom. The first-order valence-electron chi connectivity index (χ1n) is 5.97. The van der Waals surface area contributed by atoms with Crippen molar-refractivity contribution >= 4 is 29.2 Å². The molecule has 0 unspecified atom stereocenters. The van der Waals surface area contributed by atoms with Crippen molar-refractivity contribution < 1.29 is 9.53 Å². The van der Waals surface area contributed by atoms with Crippen LogP contribution in [0.5, 0.6) is 0 Å². The number of hydrogen-bond acceptors (Lipinski definition) is 3. The van der Waals surface area contributed by atoms with Gasteiger partial charge in [-0.05, 0) is 38.4 Å². The molecule has 1 aliphatic rings. The molecule has 1 saturated heterocycles. The Morgan fingerprint density at radius 3 is 2.67 bits per heavy atom. The highest BCUT2D eigenvalue weighted by Crippen LogP contribution is 2.32. The van der Waals surface area contributed by atoms with Gasteiger partial charge in [0.15, 0.2) is 0 Å². The minimum absolute atomic E-state index is 0.200. The summed E-state index contributed by atoms with van der Waals surface area (Å²) < 4.78 is 5.41. The third-order valence-corrected chi connectivity index (χ3v) is 3.70. The number of carbonyl (C=O) groups is 1. The summed E-state index contributed by atoms with van der Waals surface area (Å²) in [4.78, 5) is 11.9. The standard InChI is InChI=1S/C13H15Cl2NO2/c1-8(12-9(14)4-2-5-10(12)15)18-13(17)11-6-3-7-16-11/h2,4-5,8,11,16H,3,6-7H2,1H3/t8-,11+/m0/s1. The molecule has 1 aliphatic heterocycles. The van der Waals surface area contributed by atoms with Crippen LogP contribution in [0.3, 0.4) is 0 Å². The molecule has 3 nitrogen and oxygen atoms in total. The summed E-state index contributed by atoms with van der Waals surface area (Å²) in [5.41, 5.74) is 0.659. The third kappa shape index (κ3) is 2.97. The molecule has 0 aromatic heterocycles. The molecule has 0 radical (unpaired) electrons. The van der Waals surface area contributed by atoms with Crippen LogP contribution < -0.4 is 5.32 Å². The molecule has 1 aromatic rings. The molecule has 1 fully saturated rings.